The van der Waals surface area contributed by atoms with Gasteiger partial charge in [-0.25, -0.2) is 9.97 Å². The number of nitrogens with zero attached hydrogens (tertiary/aromatic N) is 4. The van der Waals surface area contributed by atoms with E-state index in [1.165, 1.54) is 17.5 Å². The molecule has 0 unspecified atom stereocenters. The molecule has 0 aliphatic carbocycles. The van der Waals surface area contributed by atoms with Gasteiger partial charge >= 0.3 is 0 Å². The van der Waals surface area contributed by atoms with Crippen molar-refractivity contribution in [2.24, 2.45) is 0 Å². The first-order valence-corrected chi connectivity index (χ1v) is 9.36. The molecule has 0 spiro atoms. The Morgan fingerprint density at radius 3 is 2.71 bits per heavy atom. The van der Waals surface area contributed by atoms with Crippen molar-refractivity contribution in [3.05, 3.63) is 77.8 Å². The van der Waals surface area contributed by atoms with Crippen molar-refractivity contribution in [2.45, 2.75) is 6.92 Å². The molecule has 0 bridgehead atoms. The molecule has 7 heteroatoms. The average Bonchev–Trinajstić information content (AvgIpc) is 3.39. The molecule has 0 aliphatic rings. The van der Waals surface area contributed by atoms with E-state index in [1.54, 1.807) is 24.0 Å². The number of carbonyl (C=O) groups excluding carboxylic acids is 1. The number of nitrogens with one attached hydrogen (secondary N) is 1. The number of rotatable bonds is 4. The quantitative estimate of drug-likeness (QED) is 0.539. The van der Waals surface area contributed by atoms with Gasteiger partial charge in [0.05, 0.1) is 18.2 Å². The SMILES string of the molecule is CC#Cc1ccc(-c2csc(NC(=O)c3cncn3-c3ccccc3)n2)nc1. The number of benzene rings is 1. The number of thiazole rings is 1. The van der Waals surface area contributed by atoms with E-state index in [0.29, 0.717) is 16.5 Å². The molecule has 136 valence electrons. The minimum Gasteiger partial charge on any atom is -0.296 e. The highest BCUT2D eigenvalue weighted by molar-refractivity contribution is 7.14. The summed E-state index contributed by atoms with van der Waals surface area (Å²) in [5, 5.41) is 5.19. The van der Waals surface area contributed by atoms with Gasteiger partial charge in [-0.3, -0.25) is 19.7 Å². The lowest BCUT2D eigenvalue weighted by Gasteiger charge is -2.07. The van der Waals surface area contributed by atoms with Crippen LogP contribution in [0.25, 0.3) is 17.1 Å². The lowest BCUT2D eigenvalue weighted by Crippen LogP contribution is -2.15. The maximum Gasteiger partial charge on any atom is 0.276 e. The third kappa shape index (κ3) is 3.68. The van der Waals surface area contributed by atoms with Crippen molar-refractivity contribution in [1.82, 2.24) is 19.5 Å². The van der Waals surface area contributed by atoms with Gasteiger partial charge in [0.1, 0.15) is 11.4 Å². The number of aromatic nitrogens is 4. The van der Waals surface area contributed by atoms with Crippen molar-refractivity contribution in [3.8, 4) is 28.9 Å². The topological polar surface area (TPSA) is 72.7 Å². The van der Waals surface area contributed by atoms with E-state index in [-0.39, 0.29) is 5.91 Å². The normalized spacial score (nSPS) is 10.2. The minimum absolute atomic E-state index is 0.274. The van der Waals surface area contributed by atoms with Gasteiger partial charge in [-0.1, -0.05) is 24.1 Å². The third-order valence-electron chi connectivity index (χ3n) is 3.93. The third-order valence-corrected chi connectivity index (χ3v) is 4.68. The van der Waals surface area contributed by atoms with Crippen molar-refractivity contribution in [3.63, 3.8) is 0 Å². The Hall–Kier alpha value is -3.76. The minimum atomic E-state index is -0.274. The van der Waals surface area contributed by atoms with E-state index in [2.05, 4.69) is 32.1 Å². The highest BCUT2D eigenvalue weighted by Gasteiger charge is 2.15. The first-order valence-electron chi connectivity index (χ1n) is 8.48. The Kier molecular flexibility index (Phi) is 4.95. The van der Waals surface area contributed by atoms with Gasteiger partial charge < -0.3 is 0 Å². The second kappa shape index (κ2) is 7.86. The molecule has 0 aliphatic heterocycles. The van der Waals surface area contributed by atoms with Crippen LogP contribution in [0.1, 0.15) is 23.0 Å². The summed E-state index contributed by atoms with van der Waals surface area (Å²) in [5.41, 5.74) is 3.58. The number of hydrogen-bond donors (Lipinski definition) is 1. The highest BCUT2D eigenvalue weighted by Crippen LogP contribution is 2.24. The smallest absolute Gasteiger partial charge is 0.276 e. The van der Waals surface area contributed by atoms with Crippen LogP contribution in [0.2, 0.25) is 0 Å². The van der Waals surface area contributed by atoms with Crippen molar-refractivity contribution < 1.29 is 4.79 Å². The van der Waals surface area contributed by atoms with E-state index < -0.39 is 0 Å². The van der Waals surface area contributed by atoms with Crippen LogP contribution in [0, 0.1) is 11.8 Å². The summed E-state index contributed by atoms with van der Waals surface area (Å²) in [6, 6.07) is 13.3. The summed E-state index contributed by atoms with van der Waals surface area (Å²) in [6.07, 6.45) is 4.86. The lowest BCUT2D eigenvalue weighted by atomic mass is 10.2. The molecule has 1 N–H and O–H groups in total. The summed E-state index contributed by atoms with van der Waals surface area (Å²) >= 11 is 1.35. The van der Waals surface area contributed by atoms with E-state index >= 15 is 0 Å². The summed E-state index contributed by atoms with van der Waals surface area (Å²) in [5.74, 6) is 5.52. The van der Waals surface area contributed by atoms with Crippen LogP contribution >= 0.6 is 11.3 Å². The lowest BCUT2D eigenvalue weighted by molar-refractivity contribution is 0.102. The predicted octanol–water partition coefficient (Wildman–Crippen LogP) is 4.01. The molecule has 0 saturated heterocycles. The second-order valence-electron chi connectivity index (χ2n) is 5.78. The number of carbonyl (C=O) groups is 1. The number of hydrogen-bond acceptors (Lipinski definition) is 5. The first kappa shape index (κ1) is 17.6. The molecule has 4 rings (SSSR count). The number of imidazole rings is 1. The van der Waals surface area contributed by atoms with E-state index in [1.807, 2.05) is 47.8 Å². The molecule has 4 aromatic rings. The van der Waals surface area contributed by atoms with Crippen molar-refractivity contribution in [2.75, 3.05) is 5.32 Å². The fraction of sp³-hybridized carbons (Fsp3) is 0.0476. The maximum atomic E-state index is 12.7. The number of anilines is 1. The Labute approximate surface area is 165 Å². The molecule has 0 atom stereocenters. The van der Waals surface area contributed by atoms with Crippen LogP contribution in [-0.2, 0) is 0 Å². The molecule has 6 nitrogen and oxygen atoms in total. The Morgan fingerprint density at radius 1 is 1.11 bits per heavy atom. The molecule has 1 aromatic carbocycles. The van der Waals surface area contributed by atoms with Gasteiger partial charge in [-0.2, -0.15) is 0 Å². The Bertz CT molecular complexity index is 1170. The van der Waals surface area contributed by atoms with Gasteiger partial charge in [0.15, 0.2) is 5.13 Å². The molecule has 0 fully saturated rings. The van der Waals surface area contributed by atoms with Gasteiger partial charge in [-0.05, 0) is 31.2 Å². The van der Waals surface area contributed by atoms with E-state index in [4.69, 9.17) is 0 Å². The molecule has 3 aromatic heterocycles. The number of pyridine rings is 1. The molecule has 28 heavy (non-hydrogen) atoms. The summed E-state index contributed by atoms with van der Waals surface area (Å²) < 4.78 is 1.74. The summed E-state index contributed by atoms with van der Waals surface area (Å²) in [7, 11) is 0. The molecular weight excluding hydrogens is 370 g/mol. The fourth-order valence-electron chi connectivity index (χ4n) is 2.63. The van der Waals surface area contributed by atoms with Gasteiger partial charge in [0.25, 0.3) is 5.91 Å². The van der Waals surface area contributed by atoms with E-state index in [0.717, 1.165) is 16.9 Å². The summed E-state index contributed by atoms with van der Waals surface area (Å²) in [6.45, 7) is 1.78. The van der Waals surface area contributed by atoms with Crippen LogP contribution in [0.3, 0.4) is 0 Å². The second-order valence-corrected chi connectivity index (χ2v) is 6.64. The van der Waals surface area contributed by atoms with Crippen LogP contribution in [0.5, 0.6) is 0 Å². The fourth-order valence-corrected chi connectivity index (χ4v) is 3.33. The molecular formula is C21H15N5OS. The van der Waals surface area contributed by atoms with Crippen molar-refractivity contribution >= 4 is 22.4 Å². The zero-order chi connectivity index (χ0) is 19.3. The standard InChI is InChI=1S/C21H15N5OS/c1-2-6-15-9-10-17(23-11-15)18-13-28-21(24-18)25-20(27)19-12-22-14-26(19)16-7-4-3-5-8-16/h3-5,7-14H,1H3,(H,24,25,27). The van der Waals surface area contributed by atoms with Crippen LogP contribution in [0.4, 0.5) is 5.13 Å². The van der Waals surface area contributed by atoms with Crippen LogP contribution in [0.15, 0.2) is 66.6 Å². The average molecular weight is 385 g/mol. The molecule has 1 amide bonds. The van der Waals surface area contributed by atoms with E-state index in [9.17, 15) is 4.79 Å². The van der Waals surface area contributed by atoms with Gasteiger partial charge in [-0.15, -0.1) is 17.3 Å². The van der Waals surface area contributed by atoms with Crippen LogP contribution < -0.4 is 5.32 Å². The van der Waals surface area contributed by atoms with Crippen molar-refractivity contribution in [1.29, 1.82) is 0 Å². The maximum absolute atomic E-state index is 12.7. The largest absolute Gasteiger partial charge is 0.296 e. The summed E-state index contributed by atoms with van der Waals surface area (Å²) in [4.78, 5) is 25.6. The number of amides is 1. The monoisotopic (exact) mass is 385 g/mol. The Morgan fingerprint density at radius 2 is 1.96 bits per heavy atom. The first-order chi connectivity index (χ1) is 13.7. The Balaban J connectivity index is 1.52. The van der Waals surface area contributed by atoms with Gasteiger partial charge in [0.2, 0.25) is 0 Å². The molecule has 0 radical (unpaired) electrons. The molecule has 0 saturated carbocycles. The zero-order valence-electron chi connectivity index (χ0n) is 15.0. The van der Waals surface area contributed by atoms with Gasteiger partial charge in [0, 0.05) is 22.8 Å². The molecule has 3 heterocycles. The predicted molar refractivity (Wildman–Crippen MR) is 109 cm³/mol. The zero-order valence-corrected chi connectivity index (χ0v) is 15.8. The van der Waals surface area contributed by atoms with Crippen LogP contribution in [-0.4, -0.2) is 25.4 Å². The number of para-hydroxylation sites is 1. The highest BCUT2D eigenvalue weighted by atomic mass is 32.1.